The second kappa shape index (κ2) is 5.78. The van der Waals surface area contributed by atoms with E-state index in [9.17, 15) is 18.0 Å². The number of halogens is 3. The molecule has 0 saturated heterocycles. The van der Waals surface area contributed by atoms with E-state index < -0.39 is 12.0 Å². The molecule has 0 atom stereocenters. The van der Waals surface area contributed by atoms with Crippen molar-refractivity contribution in [1.82, 2.24) is 19.7 Å². The van der Waals surface area contributed by atoms with Gasteiger partial charge >= 0.3 is 12.1 Å². The Bertz CT molecular complexity index is 487. The van der Waals surface area contributed by atoms with Crippen LogP contribution in [0.2, 0.25) is 0 Å². The quantitative estimate of drug-likeness (QED) is 0.777. The van der Waals surface area contributed by atoms with E-state index in [1.54, 1.807) is 6.92 Å². The third-order valence-corrected chi connectivity index (χ3v) is 3.02. The van der Waals surface area contributed by atoms with Crippen LogP contribution in [0, 0.1) is 0 Å². The normalized spacial score (nSPS) is 16.0. The van der Waals surface area contributed by atoms with Crippen LogP contribution in [0.5, 0.6) is 0 Å². The Hall–Kier alpha value is -1.64. The smallest absolute Gasteiger partial charge is 0.451 e. The van der Waals surface area contributed by atoms with Gasteiger partial charge in [0.25, 0.3) is 0 Å². The first-order chi connectivity index (χ1) is 9.41. The molecule has 0 radical (unpaired) electrons. The molecule has 0 aliphatic carbocycles. The zero-order chi connectivity index (χ0) is 14.8. The minimum atomic E-state index is -4.49. The van der Waals surface area contributed by atoms with Crippen molar-refractivity contribution in [2.75, 3.05) is 19.7 Å². The van der Waals surface area contributed by atoms with Gasteiger partial charge in [-0.05, 0) is 6.92 Å². The van der Waals surface area contributed by atoms with Crippen LogP contribution in [-0.4, -0.2) is 45.3 Å². The maximum Gasteiger partial charge on any atom is 0.451 e. The minimum Gasteiger partial charge on any atom is -0.466 e. The first kappa shape index (κ1) is 14.8. The molecule has 2 rings (SSSR count). The number of nitrogens with zero attached hydrogens (tertiary/aromatic N) is 4. The van der Waals surface area contributed by atoms with Crippen molar-refractivity contribution in [3.63, 3.8) is 0 Å². The van der Waals surface area contributed by atoms with Crippen molar-refractivity contribution >= 4 is 5.97 Å². The van der Waals surface area contributed by atoms with Crippen molar-refractivity contribution in [3.8, 4) is 0 Å². The molecule has 0 saturated carbocycles. The Morgan fingerprint density at radius 3 is 2.75 bits per heavy atom. The van der Waals surface area contributed by atoms with Gasteiger partial charge in [0, 0.05) is 19.6 Å². The number of esters is 1. The number of aromatic nitrogens is 3. The summed E-state index contributed by atoms with van der Waals surface area (Å²) < 4.78 is 43.8. The number of ether oxygens (including phenoxy) is 1. The Morgan fingerprint density at radius 2 is 2.10 bits per heavy atom. The molecular weight excluding hydrogens is 277 g/mol. The molecule has 0 spiro atoms. The molecule has 0 N–H and O–H groups in total. The zero-order valence-corrected chi connectivity index (χ0v) is 11.0. The predicted octanol–water partition coefficient (Wildman–Crippen LogP) is 1.07. The van der Waals surface area contributed by atoms with E-state index in [0.29, 0.717) is 19.7 Å². The molecule has 20 heavy (non-hydrogen) atoms. The number of alkyl halides is 3. The van der Waals surface area contributed by atoms with E-state index in [1.807, 2.05) is 4.90 Å². The molecule has 0 fully saturated rings. The molecule has 9 heteroatoms. The molecule has 1 aromatic heterocycles. The molecule has 1 aliphatic heterocycles. The van der Waals surface area contributed by atoms with Crippen LogP contribution in [0.3, 0.4) is 0 Å². The summed E-state index contributed by atoms with van der Waals surface area (Å²) in [5.74, 6) is -1.000. The fraction of sp³-hybridized carbons (Fsp3) is 0.727. The Morgan fingerprint density at radius 1 is 1.35 bits per heavy atom. The van der Waals surface area contributed by atoms with E-state index in [1.165, 1.54) is 0 Å². The summed E-state index contributed by atoms with van der Waals surface area (Å²) in [6.45, 7) is 3.32. The van der Waals surface area contributed by atoms with Gasteiger partial charge in [0.05, 0.1) is 19.6 Å². The van der Waals surface area contributed by atoms with E-state index in [0.717, 1.165) is 4.57 Å². The lowest BCUT2D eigenvalue weighted by Gasteiger charge is -2.27. The van der Waals surface area contributed by atoms with Crippen LogP contribution in [0.25, 0.3) is 0 Å². The fourth-order valence-electron chi connectivity index (χ4n) is 2.09. The first-order valence-corrected chi connectivity index (χ1v) is 6.29. The summed E-state index contributed by atoms with van der Waals surface area (Å²) >= 11 is 0. The summed E-state index contributed by atoms with van der Waals surface area (Å²) in [7, 11) is 0. The van der Waals surface area contributed by atoms with Gasteiger partial charge in [-0.2, -0.15) is 13.2 Å². The maximum absolute atomic E-state index is 12.6. The van der Waals surface area contributed by atoms with Crippen LogP contribution in [0.1, 0.15) is 25.0 Å². The van der Waals surface area contributed by atoms with Crippen molar-refractivity contribution in [2.45, 2.75) is 32.6 Å². The summed E-state index contributed by atoms with van der Waals surface area (Å²) in [6.07, 6.45) is -4.27. The molecule has 1 aliphatic rings. The van der Waals surface area contributed by atoms with E-state index >= 15 is 0 Å². The topological polar surface area (TPSA) is 60.2 Å². The average molecular weight is 292 g/mol. The summed E-state index contributed by atoms with van der Waals surface area (Å²) in [6, 6.07) is 0. The lowest BCUT2D eigenvalue weighted by molar-refractivity contribution is -0.148. The number of hydrogen-bond donors (Lipinski definition) is 0. The van der Waals surface area contributed by atoms with Crippen LogP contribution in [0.4, 0.5) is 13.2 Å². The highest BCUT2D eigenvalue weighted by molar-refractivity contribution is 5.69. The zero-order valence-electron chi connectivity index (χ0n) is 11.0. The second-order valence-electron chi connectivity index (χ2n) is 4.42. The van der Waals surface area contributed by atoms with Crippen molar-refractivity contribution in [3.05, 3.63) is 11.6 Å². The fourth-order valence-corrected chi connectivity index (χ4v) is 2.09. The van der Waals surface area contributed by atoms with Crippen LogP contribution >= 0.6 is 0 Å². The number of fused-ring (bicyclic) bond motifs is 1. The number of hydrogen-bond acceptors (Lipinski definition) is 5. The highest BCUT2D eigenvalue weighted by Gasteiger charge is 2.39. The van der Waals surface area contributed by atoms with E-state index in [4.69, 9.17) is 4.74 Å². The molecule has 0 aromatic carbocycles. The molecule has 0 unspecified atom stereocenters. The molecule has 2 heterocycles. The summed E-state index contributed by atoms with van der Waals surface area (Å²) in [5, 5.41) is 6.77. The van der Waals surface area contributed by atoms with Crippen LogP contribution < -0.4 is 0 Å². The number of carbonyl (C=O) groups is 1. The SMILES string of the molecule is CCOC(=O)CCN1CCn2c(nnc2C(F)(F)F)C1. The predicted molar refractivity (Wildman–Crippen MR) is 61.6 cm³/mol. The Balaban J connectivity index is 1.95. The van der Waals surface area contributed by atoms with Crippen molar-refractivity contribution in [1.29, 1.82) is 0 Å². The monoisotopic (exact) mass is 292 g/mol. The second-order valence-corrected chi connectivity index (χ2v) is 4.42. The van der Waals surface area contributed by atoms with Gasteiger partial charge in [0.1, 0.15) is 5.82 Å². The summed E-state index contributed by atoms with van der Waals surface area (Å²) in [4.78, 5) is 13.1. The molecule has 1 aromatic rings. The average Bonchev–Trinajstić information content (AvgIpc) is 2.79. The number of rotatable bonds is 4. The molecule has 6 nitrogen and oxygen atoms in total. The lowest BCUT2D eigenvalue weighted by Crippen LogP contribution is -2.36. The van der Waals surface area contributed by atoms with Crippen LogP contribution in [0.15, 0.2) is 0 Å². The van der Waals surface area contributed by atoms with E-state index in [-0.39, 0.29) is 31.3 Å². The third-order valence-electron chi connectivity index (χ3n) is 3.02. The van der Waals surface area contributed by atoms with Crippen molar-refractivity contribution in [2.24, 2.45) is 0 Å². The van der Waals surface area contributed by atoms with Crippen LogP contribution in [-0.2, 0) is 28.8 Å². The first-order valence-electron chi connectivity index (χ1n) is 6.29. The van der Waals surface area contributed by atoms with Crippen molar-refractivity contribution < 1.29 is 22.7 Å². The van der Waals surface area contributed by atoms with Gasteiger partial charge in [-0.15, -0.1) is 10.2 Å². The summed E-state index contributed by atoms with van der Waals surface area (Å²) in [5.41, 5.74) is 0. The van der Waals surface area contributed by atoms with Gasteiger partial charge < -0.3 is 9.30 Å². The standard InChI is InChI=1S/C11H15F3N4O2/c1-2-20-9(19)3-4-17-5-6-18-8(7-17)15-16-10(18)11(12,13)14/h2-7H2,1H3. The highest BCUT2D eigenvalue weighted by Crippen LogP contribution is 2.29. The molecular formula is C11H15F3N4O2. The Labute approximate surface area is 113 Å². The van der Waals surface area contributed by atoms with Gasteiger partial charge in [-0.3, -0.25) is 9.69 Å². The largest absolute Gasteiger partial charge is 0.466 e. The van der Waals surface area contributed by atoms with Gasteiger partial charge in [-0.25, -0.2) is 0 Å². The van der Waals surface area contributed by atoms with Gasteiger partial charge in [0.15, 0.2) is 0 Å². The number of carbonyl (C=O) groups excluding carboxylic acids is 1. The molecule has 0 bridgehead atoms. The lowest BCUT2D eigenvalue weighted by atomic mass is 10.3. The Kier molecular flexibility index (Phi) is 4.26. The highest BCUT2D eigenvalue weighted by atomic mass is 19.4. The minimum absolute atomic E-state index is 0.167. The van der Waals surface area contributed by atoms with E-state index in [2.05, 4.69) is 10.2 Å². The maximum atomic E-state index is 12.6. The molecule has 0 amide bonds. The van der Waals surface area contributed by atoms with Gasteiger partial charge in [0.2, 0.25) is 5.82 Å². The molecule has 112 valence electrons. The third kappa shape index (κ3) is 3.27. The van der Waals surface area contributed by atoms with Gasteiger partial charge in [-0.1, -0.05) is 0 Å².